The molecule has 2 aromatic heterocycles. The molecule has 5 nitrogen and oxygen atoms in total. The van der Waals surface area contributed by atoms with Crippen LogP contribution >= 0.6 is 0 Å². The lowest BCUT2D eigenvalue weighted by Gasteiger charge is -2.15. The number of para-hydroxylation sites is 2. The average Bonchev–Trinajstić information content (AvgIpc) is 3.27. The maximum Gasteiger partial charge on any atom is 0.223 e. The number of hydrogen-bond donors (Lipinski definition) is 0. The largest absolute Gasteiger partial charge is 0.467 e. The van der Waals surface area contributed by atoms with Crippen LogP contribution in [0.4, 0.5) is 0 Å². The molecule has 4 rings (SSSR count). The number of rotatable bonds is 4. The first-order valence-electron chi connectivity index (χ1n) is 8.01. The van der Waals surface area contributed by atoms with Gasteiger partial charge in [0.15, 0.2) is 0 Å². The Bertz CT molecular complexity index is 835. The van der Waals surface area contributed by atoms with Crippen molar-refractivity contribution >= 4 is 16.9 Å². The minimum absolute atomic E-state index is 0.143. The van der Waals surface area contributed by atoms with E-state index in [1.165, 1.54) is 0 Å². The Balaban J connectivity index is 1.63. The van der Waals surface area contributed by atoms with Gasteiger partial charge in [-0.15, -0.1) is 0 Å². The van der Waals surface area contributed by atoms with E-state index in [9.17, 15) is 4.79 Å². The van der Waals surface area contributed by atoms with Crippen LogP contribution in [-0.4, -0.2) is 26.9 Å². The molecule has 5 heteroatoms. The Kier molecular flexibility index (Phi) is 3.41. The molecule has 1 fully saturated rings. The lowest BCUT2D eigenvalue weighted by atomic mass is 10.1. The second kappa shape index (κ2) is 5.57. The highest BCUT2D eigenvalue weighted by Crippen LogP contribution is 2.31. The standard InChI is InChI=1S/C18H19N3O2/c1-2-21-16-8-4-3-7-15(16)19-18(21)13-10-17(22)20(11-13)12-14-6-5-9-23-14/h3-9,13H,2,10-12H2,1H3/t13-/m1/s1. The van der Waals surface area contributed by atoms with Crippen molar-refractivity contribution in [3.63, 3.8) is 0 Å². The van der Waals surface area contributed by atoms with Crippen LogP contribution in [0.1, 0.15) is 30.8 Å². The number of furan rings is 1. The average molecular weight is 309 g/mol. The first-order chi connectivity index (χ1) is 11.3. The summed E-state index contributed by atoms with van der Waals surface area (Å²) >= 11 is 0. The van der Waals surface area contributed by atoms with Gasteiger partial charge in [-0.25, -0.2) is 4.98 Å². The Morgan fingerprint density at radius 1 is 1.26 bits per heavy atom. The summed E-state index contributed by atoms with van der Waals surface area (Å²) in [7, 11) is 0. The van der Waals surface area contributed by atoms with Gasteiger partial charge in [0.1, 0.15) is 11.6 Å². The molecule has 0 bridgehead atoms. The fourth-order valence-electron chi connectivity index (χ4n) is 3.43. The normalized spacial score (nSPS) is 18.2. The van der Waals surface area contributed by atoms with Crippen LogP contribution in [0.15, 0.2) is 47.1 Å². The number of imidazole rings is 1. The van der Waals surface area contributed by atoms with Crippen LogP contribution in [-0.2, 0) is 17.9 Å². The van der Waals surface area contributed by atoms with E-state index in [0.29, 0.717) is 19.5 Å². The molecule has 1 aromatic carbocycles. The molecule has 23 heavy (non-hydrogen) atoms. The van der Waals surface area contributed by atoms with Gasteiger partial charge in [-0.1, -0.05) is 12.1 Å². The van der Waals surface area contributed by atoms with Crippen LogP contribution in [0.2, 0.25) is 0 Å². The minimum Gasteiger partial charge on any atom is -0.467 e. The lowest BCUT2D eigenvalue weighted by Crippen LogP contribution is -2.24. The molecule has 3 heterocycles. The fourth-order valence-corrected chi connectivity index (χ4v) is 3.43. The maximum absolute atomic E-state index is 12.3. The lowest BCUT2D eigenvalue weighted by molar-refractivity contribution is -0.128. The second-order valence-corrected chi connectivity index (χ2v) is 5.96. The molecule has 118 valence electrons. The predicted octanol–water partition coefficient (Wildman–Crippen LogP) is 3.17. The van der Waals surface area contributed by atoms with Crippen molar-refractivity contribution in [1.29, 1.82) is 0 Å². The van der Waals surface area contributed by atoms with Crippen LogP contribution < -0.4 is 0 Å². The van der Waals surface area contributed by atoms with Gasteiger partial charge in [-0.05, 0) is 31.2 Å². The smallest absolute Gasteiger partial charge is 0.223 e. The third-order valence-corrected chi connectivity index (χ3v) is 4.51. The van der Waals surface area contributed by atoms with Crippen LogP contribution in [0.25, 0.3) is 11.0 Å². The monoisotopic (exact) mass is 309 g/mol. The molecular formula is C18H19N3O2. The Hall–Kier alpha value is -2.56. The second-order valence-electron chi connectivity index (χ2n) is 5.96. The molecular weight excluding hydrogens is 290 g/mol. The molecule has 3 aromatic rings. The number of nitrogens with zero attached hydrogens (tertiary/aromatic N) is 3. The summed E-state index contributed by atoms with van der Waals surface area (Å²) in [4.78, 5) is 19.0. The zero-order valence-corrected chi connectivity index (χ0v) is 13.1. The third kappa shape index (κ3) is 2.42. The number of carbonyl (C=O) groups is 1. The van der Waals surface area contributed by atoms with Crippen molar-refractivity contribution in [3.05, 3.63) is 54.2 Å². The molecule has 1 aliphatic heterocycles. The summed E-state index contributed by atoms with van der Waals surface area (Å²) in [6.45, 7) is 4.21. The van der Waals surface area contributed by atoms with Crippen molar-refractivity contribution in [2.45, 2.75) is 32.4 Å². The van der Waals surface area contributed by atoms with Crippen LogP contribution in [0, 0.1) is 0 Å². The van der Waals surface area contributed by atoms with Gasteiger partial charge >= 0.3 is 0 Å². The number of fused-ring (bicyclic) bond motifs is 1. The molecule has 0 aliphatic carbocycles. The molecule has 1 atom stereocenters. The van der Waals surface area contributed by atoms with E-state index in [0.717, 1.165) is 29.2 Å². The van der Waals surface area contributed by atoms with E-state index >= 15 is 0 Å². The Labute approximate surface area is 134 Å². The van der Waals surface area contributed by atoms with E-state index in [4.69, 9.17) is 9.40 Å². The fraction of sp³-hybridized carbons (Fsp3) is 0.333. The third-order valence-electron chi connectivity index (χ3n) is 4.51. The van der Waals surface area contributed by atoms with Gasteiger partial charge in [0, 0.05) is 25.4 Å². The molecule has 0 spiro atoms. The number of hydrogen-bond acceptors (Lipinski definition) is 3. The number of benzene rings is 1. The Morgan fingerprint density at radius 2 is 2.13 bits per heavy atom. The van der Waals surface area contributed by atoms with Crippen molar-refractivity contribution in [2.75, 3.05) is 6.54 Å². The number of carbonyl (C=O) groups excluding carboxylic acids is 1. The molecule has 1 amide bonds. The van der Waals surface area contributed by atoms with E-state index in [-0.39, 0.29) is 11.8 Å². The molecule has 1 saturated heterocycles. The Morgan fingerprint density at radius 3 is 2.91 bits per heavy atom. The topological polar surface area (TPSA) is 51.3 Å². The summed E-state index contributed by atoms with van der Waals surface area (Å²) in [6, 6.07) is 11.9. The van der Waals surface area contributed by atoms with Gasteiger partial charge < -0.3 is 13.9 Å². The minimum atomic E-state index is 0.143. The summed E-state index contributed by atoms with van der Waals surface area (Å²) in [5, 5.41) is 0. The van der Waals surface area contributed by atoms with Gasteiger partial charge in [-0.2, -0.15) is 0 Å². The summed E-state index contributed by atoms with van der Waals surface area (Å²) in [5.74, 6) is 2.15. The molecule has 0 unspecified atom stereocenters. The molecule has 0 saturated carbocycles. The van der Waals surface area contributed by atoms with Crippen molar-refractivity contribution < 1.29 is 9.21 Å². The highest BCUT2D eigenvalue weighted by Gasteiger charge is 2.34. The van der Waals surface area contributed by atoms with E-state index < -0.39 is 0 Å². The van der Waals surface area contributed by atoms with Crippen molar-refractivity contribution in [3.8, 4) is 0 Å². The SMILES string of the molecule is CCn1c([C@@H]2CC(=O)N(Cc3ccco3)C2)nc2ccccc21. The number of aryl methyl sites for hydroxylation is 1. The van der Waals surface area contributed by atoms with Crippen molar-refractivity contribution in [1.82, 2.24) is 14.5 Å². The zero-order chi connectivity index (χ0) is 15.8. The number of aromatic nitrogens is 2. The zero-order valence-electron chi connectivity index (χ0n) is 13.1. The molecule has 1 aliphatic rings. The first-order valence-corrected chi connectivity index (χ1v) is 8.01. The highest BCUT2D eigenvalue weighted by atomic mass is 16.3. The van der Waals surface area contributed by atoms with Gasteiger partial charge in [0.05, 0.1) is 23.8 Å². The maximum atomic E-state index is 12.3. The van der Waals surface area contributed by atoms with E-state index in [1.54, 1.807) is 6.26 Å². The predicted molar refractivity (Wildman–Crippen MR) is 86.9 cm³/mol. The van der Waals surface area contributed by atoms with Gasteiger partial charge in [0.25, 0.3) is 0 Å². The number of amides is 1. The van der Waals surface area contributed by atoms with E-state index in [1.807, 2.05) is 35.2 Å². The van der Waals surface area contributed by atoms with Gasteiger partial charge in [-0.3, -0.25) is 4.79 Å². The molecule has 0 radical (unpaired) electrons. The number of likely N-dealkylation sites (tertiary alicyclic amines) is 1. The summed E-state index contributed by atoms with van der Waals surface area (Å²) < 4.78 is 7.59. The molecule has 0 N–H and O–H groups in total. The summed E-state index contributed by atoms with van der Waals surface area (Å²) in [6.07, 6.45) is 2.16. The van der Waals surface area contributed by atoms with Crippen LogP contribution in [0.5, 0.6) is 0 Å². The first kappa shape index (κ1) is 14.1. The van der Waals surface area contributed by atoms with E-state index in [2.05, 4.69) is 17.6 Å². The van der Waals surface area contributed by atoms with Crippen molar-refractivity contribution in [2.24, 2.45) is 0 Å². The highest BCUT2D eigenvalue weighted by molar-refractivity contribution is 5.80. The summed E-state index contributed by atoms with van der Waals surface area (Å²) in [5.41, 5.74) is 2.14. The quantitative estimate of drug-likeness (QED) is 0.744. The van der Waals surface area contributed by atoms with Gasteiger partial charge in [0.2, 0.25) is 5.91 Å². The van der Waals surface area contributed by atoms with Crippen LogP contribution in [0.3, 0.4) is 0 Å².